The largest absolute Gasteiger partial charge is 0.492 e. The molecular formula is C16H28N2O. The fourth-order valence-corrected chi connectivity index (χ4v) is 1.69. The second kappa shape index (κ2) is 6.92. The number of rotatable bonds is 6. The lowest BCUT2D eigenvalue weighted by Crippen LogP contribution is -2.35. The van der Waals surface area contributed by atoms with Crippen molar-refractivity contribution in [3.63, 3.8) is 0 Å². The molecule has 0 aliphatic heterocycles. The van der Waals surface area contributed by atoms with E-state index in [2.05, 4.69) is 70.2 Å². The van der Waals surface area contributed by atoms with Gasteiger partial charge in [-0.2, -0.15) is 0 Å². The van der Waals surface area contributed by atoms with E-state index in [4.69, 9.17) is 4.74 Å². The van der Waals surface area contributed by atoms with Crippen molar-refractivity contribution < 1.29 is 4.74 Å². The standard InChI is InChI=1S/C16H28N2O/c1-13-7-8-15(19-10-9-18(5)6)14(11-13)12-17-16(2,3)4/h7-8,11,17H,9-10,12H2,1-6H3. The van der Waals surface area contributed by atoms with Gasteiger partial charge in [0.2, 0.25) is 0 Å². The lowest BCUT2D eigenvalue weighted by Gasteiger charge is -2.22. The average molecular weight is 264 g/mol. The molecule has 1 aromatic carbocycles. The third-order valence-electron chi connectivity index (χ3n) is 2.82. The molecule has 0 spiro atoms. The van der Waals surface area contributed by atoms with E-state index < -0.39 is 0 Å². The van der Waals surface area contributed by atoms with Crippen molar-refractivity contribution in [1.29, 1.82) is 0 Å². The summed E-state index contributed by atoms with van der Waals surface area (Å²) in [6, 6.07) is 6.37. The minimum atomic E-state index is 0.116. The van der Waals surface area contributed by atoms with Crippen LogP contribution >= 0.6 is 0 Å². The molecule has 0 aliphatic carbocycles. The van der Waals surface area contributed by atoms with Crippen LogP contribution in [0.3, 0.4) is 0 Å². The Bertz CT molecular complexity index is 394. The van der Waals surface area contributed by atoms with Crippen molar-refractivity contribution in [2.45, 2.75) is 39.8 Å². The lowest BCUT2D eigenvalue weighted by molar-refractivity contribution is 0.258. The van der Waals surface area contributed by atoms with Crippen LogP contribution in [0.1, 0.15) is 31.9 Å². The first-order valence-corrected chi connectivity index (χ1v) is 6.90. The van der Waals surface area contributed by atoms with E-state index in [9.17, 15) is 0 Å². The van der Waals surface area contributed by atoms with E-state index in [1.807, 2.05) is 0 Å². The predicted molar refractivity (Wildman–Crippen MR) is 81.8 cm³/mol. The highest BCUT2D eigenvalue weighted by Crippen LogP contribution is 2.20. The van der Waals surface area contributed by atoms with Crippen molar-refractivity contribution in [1.82, 2.24) is 10.2 Å². The van der Waals surface area contributed by atoms with Crippen LogP contribution in [0, 0.1) is 6.92 Å². The van der Waals surface area contributed by atoms with Crippen molar-refractivity contribution in [3.8, 4) is 5.75 Å². The highest BCUT2D eigenvalue weighted by atomic mass is 16.5. The molecule has 0 saturated heterocycles. The maximum Gasteiger partial charge on any atom is 0.123 e. The maximum absolute atomic E-state index is 5.89. The molecule has 3 nitrogen and oxygen atoms in total. The highest BCUT2D eigenvalue weighted by molar-refractivity contribution is 5.37. The fourth-order valence-electron chi connectivity index (χ4n) is 1.69. The summed E-state index contributed by atoms with van der Waals surface area (Å²) in [4.78, 5) is 2.13. The molecule has 0 aliphatic rings. The molecule has 1 rings (SSSR count). The molecule has 0 amide bonds. The SMILES string of the molecule is Cc1ccc(OCCN(C)C)c(CNC(C)(C)C)c1. The van der Waals surface area contributed by atoms with Crippen molar-refractivity contribution in [2.75, 3.05) is 27.2 Å². The molecule has 0 saturated carbocycles. The average Bonchev–Trinajstić information content (AvgIpc) is 2.27. The monoisotopic (exact) mass is 264 g/mol. The van der Waals surface area contributed by atoms with E-state index in [1.54, 1.807) is 0 Å². The summed E-state index contributed by atoms with van der Waals surface area (Å²) in [6.07, 6.45) is 0. The minimum absolute atomic E-state index is 0.116. The number of hydrogen-bond donors (Lipinski definition) is 1. The highest BCUT2D eigenvalue weighted by Gasteiger charge is 2.11. The molecule has 108 valence electrons. The maximum atomic E-state index is 5.89. The van der Waals surface area contributed by atoms with E-state index in [1.165, 1.54) is 11.1 Å². The van der Waals surface area contributed by atoms with Crippen molar-refractivity contribution >= 4 is 0 Å². The van der Waals surface area contributed by atoms with Crippen LogP contribution in [0.25, 0.3) is 0 Å². The van der Waals surface area contributed by atoms with Crippen LogP contribution in [0.4, 0.5) is 0 Å². The zero-order valence-corrected chi connectivity index (χ0v) is 13.2. The normalized spacial score (nSPS) is 11.9. The van der Waals surface area contributed by atoms with Crippen molar-refractivity contribution in [2.24, 2.45) is 0 Å². The van der Waals surface area contributed by atoms with Gasteiger partial charge in [-0.25, -0.2) is 0 Å². The van der Waals surface area contributed by atoms with E-state index in [-0.39, 0.29) is 5.54 Å². The Balaban J connectivity index is 2.68. The van der Waals surface area contributed by atoms with Gasteiger partial charge in [-0.1, -0.05) is 17.7 Å². The fraction of sp³-hybridized carbons (Fsp3) is 0.625. The summed E-state index contributed by atoms with van der Waals surface area (Å²) in [5, 5.41) is 3.51. The zero-order valence-electron chi connectivity index (χ0n) is 13.2. The molecule has 1 N–H and O–H groups in total. The Morgan fingerprint density at radius 1 is 1.21 bits per heavy atom. The van der Waals surface area contributed by atoms with Crippen LogP contribution in [0.5, 0.6) is 5.75 Å². The number of aryl methyl sites for hydroxylation is 1. The Morgan fingerprint density at radius 2 is 1.89 bits per heavy atom. The quantitative estimate of drug-likeness (QED) is 0.855. The summed E-state index contributed by atoms with van der Waals surface area (Å²) in [7, 11) is 4.11. The predicted octanol–water partition coefficient (Wildman–Crippen LogP) is 2.82. The molecule has 0 unspecified atom stereocenters. The summed E-state index contributed by atoms with van der Waals surface area (Å²) < 4.78 is 5.89. The van der Waals surface area contributed by atoms with E-state index in [0.717, 1.165) is 25.4 Å². The number of ether oxygens (including phenoxy) is 1. The van der Waals surface area contributed by atoms with Gasteiger partial charge in [0.05, 0.1) is 0 Å². The second-order valence-corrected chi connectivity index (χ2v) is 6.37. The minimum Gasteiger partial charge on any atom is -0.492 e. The Morgan fingerprint density at radius 3 is 2.47 bits per heavy atom. The van der Waals surface area contributed by atoms with Crippen LogP contribution in [0.2, 0.25) is 0 Å². The number of likely N-dealkylation sites (N-methyl/N-ethyl adjacent to an activating group) is 1. The number of benzene rings is 1. The lowest BCUT2D eigenvalue weighted by atomic mass is 10.1. The summed E-state index contributed by atoms with van der Waals surface area (Å²) in [5.74, 6) is 0.990. The molecule has 0 bridgehead atoms. The van der Waals surface area contributed by atoms with Crippen LogP contribution < -0.4 is 10.1 Å². The smallest absolute Gasteiger partial charge is 0.123 e. The third-order valence-corrected chi connectivity index (χ3v) is 2.82. The molecule has 3 heteroatoms. The van der Waals surface area contributed by atoms with Gasteiger partial charge >= 0.3 is 0 Å². The molecule has 0 aromatic heterocycles. The first-order chi connectivity index (χ1) is 8.78. The van der Waals surface area contributed by atoms with Gasteiger partial charge in [-0.3, -0.25) is 0 Å². The first-order valence-electron chi connectivity index (χ1n) is 6.90. The molecular weight excluding hydrogens is 236 g/mol. The Hall–Kier alpha value is -1.06. The van der Waals surface area contributed by atoms with Crippen LogP contribution in [-0.2, 0) is 6.54 Å². The molecule has 0 heterocycles. The second-order valence-electron chi connectivity index (χ2n) is 6.37. The van der Waals surface area contributed by atoms with E-state index >= 15 is 0 Å². The summed E-state index contributed by atoms with van der Waals surface area (Å²) in [6.45, 7) is 11.1. The Kier molecular flexibility index (Phi) is 5.83. The van der Waals surface area contributed by atoms with Crippen LogP contribution in [0.15, 0.2) is 18.2 Å². The van der Waals surface area contributed by atoms with Gasteiger partial charge in [0.25, 0.3) is 0 Å². The van der Waals surface area contributed by atoms with Crippen LogP contribution in [-0.4, -0.2) is 37.7 Å². The van der Waals surface area contributed by atoms with Gasteiger partial charge in [-0.05, 0) is 47.9 Å². The Labute approximate surface area is 118 Å². The molecule has 0 radical (unpaired) electrons. The summed E-state index contributed by atoms with van der Waals surface area (Å²) in [5.41, 5.74) is 2.62. The van der Waals surface area contributed by atoms with Crippen molar-refractivity contribution in [3.05, 3.63) is 29.3 Å². The van der Waals surface area contributed by atoms with Gasteiger partial charge < -0.3 is 15.0 Å². The molecule has 19 heavy (non-hydrogen) atoms. The zero-order chi connectivity index (χ0) is 14.5. The van der Waals surface area contributed by atoms with Gasteiger partial charge in [0.1, 0.15) is 12.4 Å². The van der Waals surface area contributed by atoms with Gasteiger partial charge in [0.15, 0.2) is 0 Å². The first kappa shape index (κ1) is 16.0. The number of hydrogen-bond acceptors (Lipinski definition) is 3. The van der Waals surface area contributed by atoms with Gasteiger partial charge in [-0.15, -0.1) is 0 Å². The summed E-state index contributed by atoms with van der Waals surface area (Å²) >= 11 is 0. The number of nitrogens with one attached hydrogen (secondary N) is 1. The molecule has 0 fully saturated rings. The molecule has 1 aromatic rings. The number of nitrogens with zero attached hydrogens (tertiary/aromatic N) is 1. The third kappa shape index (κ3) is 6.60. The van der Waals surface area contributed by atoms with Gasteiger partial charge in [0, 0.05) is 24.2 Å². The van der Waals surface area contributed by atoms with E-state index in [0.29, 0.717) is 0 Å². The topological polar surface area (TPSA) is 24.5 Å². The molecule has 0 atom stereocenters.